The largest absolute Gasteiger partial charge is 0.467 e. The number of aliphatic imine (C=N–C) groups is 1. The minimum atomic E-state index is -0.274. The van der Waals surface area contributed by atoms with Crippen LogP contribution in [-0.4, -0.2) is 31.3 Å². The Morgan fingerprint density at radius 2 is 2.23 bits per heavy atom. The molecule has 0 aliphatic carbocycles. The van der Waals surface area contributed by atoms with E-state index in [-0.39, 0.29) is 36.6 Å². The van der Waals surface area contributed by atoms with Gasteiger partial charge in [0.25, 0.3) is 0 Å². The van der Waals surface area contributed by atoms with Crippen molar-refractivity contribution in [3.8, 4) is 5.75 Å². The van der Waals surface area contributed by atoms with Gasteiger partial charge in [0.2, 0.25) is 0 Å². The van der Waals surface area contributed by atoms with Crippen LogP contribution in [-0.2, 0) is 24.3 Å². The number of ether oxygens (including phenoxy) is 2. The summed E-state index contributed by atoms with van der Waals surface area (Å²) in [6.07, 6.45) is 2.48. The van der Waals surface area contributed by atoms with E-state index < -0.39 is 0 Å². The van der Waals surface area contributed by atoms with Crippen LogP contribution in [0.15, 0.2) is 23.3 Å². The van der Waals surface area contributed by atoms with E-state index in [0.29, 0.717) is 32.1 Å². The monoisotopic (exact) mass is 492 g/mol. The van der Waals surface area contributed by atoms with Crippen LogP contribution in [0.3, 0.4) is 0 Å². The topological polar surface area (TPSA) is 67.8 Å². The van der Waals surface area contributed by atoms with Crippen molar-refractivity contribution in [3.63, 3.8) is 0 Å². The summed E-state index contributed by atoms with van der Waals surface area (Å²) in [6, 6.07) is 2.97. The van der Waals surface area contributed by atoms with Crippen molar-refractivity contribution in [2.24, 2.45) is 4.99 Å². The lowest BCUT2D eigenvalue weighted by atomic mass is 10.1. The first kappa shape index (κ1) is 20.8. The molecule has 2 aromatic rings. The Labute approximate surface area is 173 Å². The molecular formula is C17H22FIN4O2S. The summed E-state index contributed by atoms with van der Waals surface area (Å²) in [5.74, 6) is 1.14. The molecule has 6 nitrogen and oxygen atoms in total. The molecule has 0 bridgehead atoms. The molecule has 1 aliphatic heterocycles. The number of guanidine groups is 1. The average molecular weight is 492 g/mol. The third kappa shape index (κ3) is 5.52. The van der Waals surface area contributed by atoms with Crippen molar-refractivity contribution < 1.29 is 13.9 Å². The van der Waals surface area contributed by atoms with Gasteiger partial charge < -0.3 is 20.1 Å². The van der Waals surface area contributed by atoms with Gasteiger partial charge in [0.05, 0.1) is 13.2 Å². The van der Waals surface area contributed by atoms with Crippen LogP contribution in [0.2, 0.25) is 0 Å². The number of rotatable bonds is 5. The van der Waals surface area contributed by atoms with Crippen molar-refractivity contribution in [1.82, 2.24) is 15.6 Å². The fourth-order valence-corrected chi connectivity index (χ4v) is 3.35. The highest BCUT2D eigenvalue weighted by Gasteiger charge is 2.16. The molecule has 0 saturated heterocycles. The quantitative estimate of drug-likeness (QED) is 0.382. The molecule has 26 heavy (non-hydrogen) atoms. The minimum Gasteiger partial charge on any atom is -0.467 e. The first-order valence-corrected chi connectivity index (χ1v) is 8.85. The maximum atomic E-state index is 13.7. The molecule has 0 amide bonds. The molecule has 0 fully saturated rings. The summed E-state index contributed by atoms with van der Waals surface area (Å²) in [5, 5.41) is 7.46. The Hall–Kier alpha value is -1.46. The highest BCUT2D eigenvalue weighted by Crippen LogP contribution is 2.29. The smallest absolute Gasteiger partial charge is 0.191 e. The van der Waals surface area contributed by atoms with Crippen LogP contribution in [0.25, 0.3) is 0 Å². The van der Waals surface area contributed by atoms with Crippen molar-refractivity contribution >= 4 is 41.3 Å². The fourth-order valence-electron chi connectivity index (χ4n) is 2.62. The number of thiazole rings is 1. The van der Waals surface area contributed by atoms with Crippen LogP contribution in [0, 0.1) is 12.7 Å². The standard InChI is InChI=1S/C17H21FN4O2S.HI/c1-11-7-21-15(25-11)8-22-17(19-2)20-4-3-12-5-14(18)6-13-9-23-10-24-16(12)13;/h5-7H,3-4,8-10H2,1-2H3,(H2,19,20,22);1H. The van der Waals surface area contributed by atoms with Crippen LogP contribution in [0.1, 0.15) is 21.0 Å². The number of fused-ring (bicyclic) bond motifs is 1. The zero-order valence-corrected chi connectivity index (χ0v) is 17.8. The van der Waals surface area contributed by atoms with Crippen LogP contribution >= 0.6 is 35.3 Å². The second-order valence-corrected chi connectivity index (χ2v) is 6.95. The lowest BCUT2D eigenvalue weighted by molar-refractivity contribution is -0.0172. The van der Waals surface area contributed by atoms with Gasteiger partial charge in [-0.15, -0.1) is 35.3 Å². The summed E-state index contributed by atoms with van der Waals surface area (Å²) >= 11 is 1.65. The molecule has 9 heteroatoms. The molecule has 0 spiro atoms. The number of benzene rings is 1. The van der Waals surface area contributed by atoms with Crippen molar-refractivity contribution in [2.75, 3.05) is 20.4 Å². The van der Waals surface area contributed by atoms with Gasteiger partial charge in [-0.3, -0.25) is 4.99 Å². The van der Waals surface area contributed by atoms with E-state index in [9.17, 15) is 4.39 Å². The Bertz CT molecular complexity index is 769. The van der Waals surface area contributed by atoms with Gasteiger partial charge in [0.15, 0.2) is 12.8 Å². The number of hydrogen-bond donors (Lipinski definition) is 2. The van der Waals surface area contributed by atoms with E-state index in [4.69, 9.17) is 9.47 Å². The van der Waals surface area contributed by atoms with Crippen LogP contribution < -0.4 is 15.4 Å². The van der Waals surface area contributed by atoms with Crippen LogP contribution in [0.5, 0.6) is 5.75 Å². The van der Waals surface area contributed by atoms with Gasteiger partial charge >= 0.3 is 0 Å². The van der Waals surface area contributed by atoms with Crippen molar-refractivity contribution in [2.45, 2.75) is 26.5 Å². The number of aromatic nitrogens is 1. The minimum absolute atomic E-state index is 0. The van der Waals surface area contributed by atoms with E-state index >= 15 is 0 Å². The van der Waals surface area contributed by atoms with Crippen LogP contribution in [0.4, 0.5) is 4.39 Å². The highest BCUT2D eigenvalue weighted by atomic mass is 127. The average Bonchev–Trinajstić information content (AvgIpc) is 3.03. The number of nitrogens with zero attached hydrogens (tertiary/aromatic N) is 2. The number of nitrogens with one attached hydrogen (secondary N) is 2. The number of aryl methyl sites for hydroxylation is 1. The van der Waals surface area contributed by atoms with Crippen molar-refractivity contribution in [1.29, 1.82) is 0 Å². The third-order valence-electron chi connectivity index (χ3n) is 3.74. The molecule has 0 radical (unpaired) electrons. The summed E-state index contributed by atoms with van der Waals surface area (Å²) in [4.78, 5) is 9.68. The van der Waals surface area contributed by atoms with Crippen molar-refractivity contribution in [3.05, 3.63) is 45.2 Å². The molecular weight excluding hydrogens is 470 g/mol. The molecule has 0 unspecified atom stereocenters. The maximum Gasteiger partial charge on any atom is 0.191 e. The molecule has 142 valence electrons. The zero-order valence-electron chi connectivity index (χ0n) is 14.7. The van der Waals surface area contributed by atoms with Gasteiger partial charge in [-0.2, -0.15) is 0 Å². The fraction of sp³-hybridized carbons (Fsp3) is 0.412. The lowest BCUT2D eigenvalue weighted by Gasteiger charge is -2.21. The summed E-state index contributed by atoms with van der Waals surface area (Å²) in [7, 11) is 1.72. The number of halogens is 2. The predicted molar refractivity (Wildman–Crippen MR) is 111 cm³/mol. The van der Waals surface area contributed by atoms with E-state index in [1.165, 1.54) is 17.0 Å². The van der Waals surface area contributed by atoms with E-state index in [2.05, 4.69) is 20.6 Å². The molecule has 2 N–H and O–H groups in total. The normalized spacial score (nSPS) is 13.4. The Balaban J connectivity index is 0.00000243. The number of hydrogen-bond acceptors (Lipinski definition) is 5. The molecule has 2 heterocycles. The molecule has 0 atom stereocenters. The Kier molecular flexibility index (Phi) is 8.04. The van der Waals surface area contributed by atoms with E-state index in [1.807, 2.05) is 13.1 Å². The lowest BCUT2D eigenvalue weighted by Crippen LogP contribution is -2.37. The first-order chi connectivity index (χ1) is 12.2. The summed E-state index contributed by atoms with van der Waals surface area (Å²) in [5.41, 5.74) is 1.58. The molecule has 1 aromatic heterocycles. The first-order valence-electron chi connectivity index (χ1n) is 8.03. The second kappa shape index (κ2) is 10.0. The molecule has 1 aromatic carbocycles. The SMILES string of the molecule is CN=C(NCCc1cc(F)cc2c1OCOC2)NCc1ncc(C)s1.I. The summed E-state index contributed by atoms with van der Waals surface area (Å²) < 4.78 is 24.5. The predicted octanol–water partition coefficient (Wildman–Crippen LogP) is 2.98. The second-order valence-electron chi connectivity index (χ2n) is 5.63. The molecule has 0 saturated carbocycles. The van der Waals surface area contributed by atoms with Gasteiger partial charge in [-0.05, 0) is 31.0 Å². The molecule has 1 aliphatic rings. The third-order valence-corrected chi connectivity index (χ3v) is 4.65. The van der Waals surface area contributed by atoms with Gasteiger partial charge in [-0.25, -0.2) is 9.37 Å². The highest BCUT2D eigenvalue weighted by molar-refractivity contribution is 14.0. The Morgan fingerprint density at radius 3 is 2.96 bits per heavy atom. The Morgan fingerprint density at radius 1 is 1.38 bits per heavy atom. The zero-order chi connectivity index (χ0) is 17.6. The van der Waals surface area contributed by atoms with Gasteiger partial charge in [-0.1, -0.05) is 0 Å². The van der Waals surface area contributed by atoms with Gasteiger partial charge in [0.1, 0.15) is 16.6 Å². The maximum absolute atomic E-state index is 13.7. The molecule has 3 rings (SSSR count). The van der Waals surface area contributed by atoms with E-state index in [1.54, 1.807) is 18.4 Å². The van der Waals surface area contributed by atoms with Gasteiger partial charge in [0, 0.05) is 30.2 Å². The summed E-state index contributed by atoms with van der Waals surface area (Å²) in [6.45, 7) is 3.84. The van der Waals surface area contributed by atoms with E-state index in [0.717, 1.165) is 21.9 Å².